The molecule has 1 aromatic carbocycles. The fourth-order valence-electron chi connectivity index (χ4n) is 2.43. The van der Waals surface area contributed by atoms with Gasteiger partial charge in [0.2, 0.25) is 0 Å². The minimum absolute atomic E-state index is 0.277. The third kappa shape index (κ3) is 3.52. The van der Waals surface area contributed by atoms with E-state index in [1.54, 1.807) is 14.2 Å². The van der Waals surface area contributed by atoms with E-state index in [1.165, 1.54) is 0 Å². The van der Waals surface area contributed by atoms with Crippen LogP contribution >= 0.6 is 0 Å². The first-order valence-corrected chi connectivity index (χ1v) is 8.20. The number of hydrogen-bond donors (Lipinski definition) is 0. The molecule has 0 radical (unpaired) electrons. The van der Waals surface area contributed by atoms with Gasteiger partial charge in [-0.3, -0.25) is 4.21 Å². The number of aryl methyl sites for hydroxylation is 1. The molecule has 0 aromatic heterocycles. The van der Waals surface area contributed by atoms with Crippen molar-refractivity contribution in [3.8, 4) is 11.5 Å². The first-order chi connectivity index (χ1) is 9.65. The van der Waals surface area contributed by atoms with E-state index in [0.717, 1.165) is 36.3 Å². The number of methoxy groups -OCH3 is 2. The van der Waals surface area contributed by atoms with E-state index in [1.807, 2.05) is 19.1 Å². The van der Waals surface area contributed by atoms with Crippen LogP contribution < -0.4 is 9.47 Å². The summed E-state index contributed by atoms with van der Waals surface area (Å²) in [6, 6.07) is 3.69. The Balaban J connectivity index is 2.08. The molecule has 0 bridgehead atoms. The van der Waals surface area contributed by atoms with E-state index in [4.69, 9.17) is 14.2 Å². The molecule has 1 heterocycles. The zero-order chi connectivity index (χ0) is 14.5. The summed E-state index contributed by atoms with van der Waals surface area (Å²) in [5.74, 6) is 1.92. The van der Waals surface area contributed by atoms with E-state index in [2.05, 4.69) is 0 Å². The molecule has 1 fully saturated rings. The van der Waals surface area contributed by atoms with Crippen molar-refractivity contribution in [2.45, 2.75) is 37.2 Å². The van der Waals surface area contributed by atoms with Gasteiger partial charge in [0.15, 0.2) is 11.5 Å². The maximum absolute atomic E-state index is 12.4. The fourth-order valence-corrected chi connectivity index (χ4v) is 3.78. The first kappa shape index (κ1) is 15.3. The number of ether oxygens (including phenoxy) is 3. The molecule has 0 unspecified atom stereocenters. The summed E-state index contributed by atoms with van der Waals surface area (Å²) < 4.78 is 28.5. The van der Waals surface area contributed by atoms with Crippen LogP contribution in [0.1, 0.15) is 24.8 Å². The molecule has 0 spiro atoms. The Labute approximate surface area is 122 Å². The second-order valence-electron chi connectivity index (χ2n) is 4.95. The summed E-state index contributed by atoms with van der Waals surface area (Å²) in [6.07, 6.45) is 3.33. The Morgan fingerprint density at radius 2 is 2.00 bits per heavy atom. The van der Waals surface area contributed by atoms with Crippen LogP contribution in [0.15, 0.2) is 17.0 Å². The van der Waals surface area contributed by atoms with Crippen LogP contribution in [0.4, 0.5) is 0 Å². The highest BCUT2D eigenvalue weighted by Gasteiger charge is 2.18. The topological polar surface area (TPSA) is 44.8 Å². The molecule has 0 saturated carbocycles. The molecule has 1 aliphatic heterocycles. The predicted octanol–water partition coefficient (Wildman–Crippen LogP) is 2.69. The number of rotatable bonds is 6. The quantitative estimate of drug-likeness (QED) is 0.810. The van der Waals surface area contributed by atoms with Crippen LogP contribution in [0, 0.1) is 6.92 Å². The van der Waals surface area contributed by atoms with E-state index < -0.39 is 10.8 Å². The van der Waals surface area contributed by atoms with E-state index in [9.17, 15) is 4.21 Å². The van der Waals surface area contributed by atoms with Crippen molar-refractivity contribution in [3.63, 3.8) is 0 Å². The molecule has 1 aromatic rings. The molecular formula is C15H22O4S. The molecular weight excluding hydrogens is 276 g/mol. The van der Waals surface area contributed by atoms with Gasteiger partial charge in [-0.2, -0.15) is 0 Å². The smallest absolute Gasteiger partial charge is 0.161 e. The monoisotopic (exact) mass is 298 g/mol. The third-order valence-electron chi connectivity index (χ3n) is 3.58. The lowest BCUT2D eigenvalue weighted by atomic mass is 10.2. The third-order valence-corrected chi connectivity index (χ3v) is 5.11. The van der Waals surface area contributed by atoms with Crippen LogP contribution in [0.3, 0.4) is 0 Å². The van der Waals surface area contributed by atoms with Crippen LogP contribution in [-0.2, 0) is 15.5 Å². The van der Waals surface area contributed by atoms with E-state index in [0.29, 0.717) is 17.3 Å². The normalized spacial score (nSPS) is 19.9. The molecule has 5 heteroatoms. The highest BCUT2D eigenvalue weighted by molar-refractivity contribution is 7.85. The van der Waals surface area contributed by atoms with Gasteiger partial charge in [-0.05, 0) is 37.8 Å². The Bertz CT molecular complexity index is 481. The molecule has 2 atom stereocenters. The summed E-state index contributed by atoms with van der Waals surface area (Å²) >= 11 is 0. The van der Waals surface area contributed by atoms with Gasteiger partial charge in [0.25, 0.3) is 0 Å². The van der Waals surface area contributed by atoms with Crippen LogP contribution in [-0.4, -0.2) is 36.9 Å². The average molecular weight is 298 g/mol. The fraction of sp³-hybridized carbons (Fsp3) is 0.600. The van der Waals surface area contributed by atoms with Crippen molar-refractivity contribution in [1.29, 1.82) is 0 Å². The average Bonchev–Trinajstić information content (AvgIpc) is 2.97. The molecule has 20 heavy (non-hydrogen) atoms. The number of hydrogen-bond acceptors (Lipinski definition) is 4. The highest BCUT2D eigenvalue weighted by Crippen LogP contribution is 2.32. The minimum Gasteiger partial charge on any atom is -0.493 e. The van der Waals surface area contributed by atoms with Gasteiger partial charge in [0.1, 0.15) is 0 Å². The zero-order valence-electron chi connectivity index (χ0n) is 12.3. The Morgan fingerprint density at radius 3 is 2.60 bits per heavy atom. The van der Waals surface area contributed by atoms with Gasteiger partial charge in [-0.1, -0.05) is 0 Å². The minimum atomic E-state index is -1.03. The summed E-state index contributed by atoms with van der Waals surface area (Å²) in [5.41, 5.74) is 0.966. The van der Waals surface area contributed by atoms with Gasteiger partial charge < -0.3 is 14.2 Å². The summed E-state index contributed by atoms with van der Waals surface area (Å²) in [7, 11) is 2.16. The molecule has 2 rings (SSSR count). The summed E-state index contributed by atoms with van der Waals surface area (Å²) in [5, 5.41) is 0. The van der Waals surface area contributed by atoms with Crippen molar-refractivity contribution in [1.82, 2.24) is 0 Å². The Hall–Kier alpha value is -1.07. The van der Waals surface area contributed by atoms with E-state index in [-0.39, 0.29) is 6.10 Å². The van der Waals surface area contributed by atoms with Crippen LogP contribution in [0.2, 0.25) is 0 Å². The van der Waals surface area contributed by atoms with Crippen molar-refractivity contribution >= 4 is 10.8 Å². The zero-order valence-corrected chi connectivity index (χ0v) is 13.1. The Morgan fingerprint density at radius 1 is 1.30 bits per heavy atom. The molecule has 0 N–H and O–H groups in total. The predicted molar refractivity (Wildman–Crippen MR) is 79.1 cm³/mol. The Kier molecular flexibility index (Phi) is 5.43. The van der Waals surface area contributed by atoms with Gasteiger partial charge in [-0.15, -0.1) is 0 Å². The van der Waals surface area contributed by atoms with Crippen molar-refractivity contribution < 1.29 is 18.4 Å². The summed E-state index contributed by atoms with van der Waals surface area (Å²) in [6.45, 7) is 2.79. The molecule has 0 amide bonds. The highest BCUT2D eigenvalue weighted by atomic mass is 32.2. The molecule has 0 aliphatic carbocycles. The standard InChI is InChI=1S/C15H22O4S/c1-11-9-13(17-2)14(18-3)10-15(11)20(16)8-6-12-5-4-7-19-12/h9-10,12H,4-8H2,1-3H3/t12-,20+/m1/s1. The van der Waals surface area contributed by atoms with Crippen LogP contribution in [0.25, 0.3) is 0 Å². The lowest BCUT2D eigenvalue weighted by Gasteiger charge is -2.13. The van der Waals surface area contributed by atoms with Gasteiger partial charge in [0.05, 0.1) is 31.1 Å². The van der Waals surface area contributed by atoms with Crippen LogP contribution in [0.5, 0.6) is 11.5 Å². The largest absolute Gasteiger partial charge is 0.493 e. The first-order valence-electron chi connectivity index (χ1n) is 6.88. The molecule has 112 valence electrons. The van der Waals surface area contributed by atoms with Gasteiger partial charge in [0, 0.05) is 23.3 Å². The van der Waals surface area contributed by atoms with Crippen molar-refractivity contribution in [3.05, 3.63) is 17.7 Å². The maximum atomic E-state index is 12.4. The van der Waals surface area contributed by atoms with Crippen molar-refractivity contribution in [2.24, 2.45) is 0 Å². The van der Waals surface area contributed by atoms with Crippen molar-refractivity contribution in [2.75, 3.05) is 26.6 Å². The lowest BCUT2D eigenvalue weighted by Crippen LogP contribution is -2.11. The molecule has 4 nitrogen and oxygen atoms in total. The van der Waals surface area contributed by atoms with E-state index >= 15 is 0 Å². The maximum Gasteiger partial charge on any atom is 0.161 e. The number of benzene rings is 1. The summed E-state index contributed by atoms with van der Waals surface area (Å²) in [4.78, 5) is 0.820. The molecule has 1 aliphatic rings. The van der Waals surface area contributed by atoms with Gasteiger partial charge >= 0.3 is 0 Å². The molecule has 1 saturated heterocycles. The second-order valence-corrected chi connectivity index (χ2v) is 6.49. The van der Waals surface area contributed by atoms with Gasteiger partial charge in [-0.25, -0.2) is 0 Å². The lowest BCUT2D eigenvalue weighted by molar-refractivity contribution is 0.109. The second kappa shape index (κ2) is 7.09. The SMILES string of the molecule is COc1cc(C)c([S@@](=O)CC[C@H]2CCCO2)cc1OC.